The van der Waals surface area contributed by atoms with Crippen LogP contribution in [0.15, 0.2) is 66.7 Å². The molecule has 0 saturated heterocycles. The summed E-state index contributed by atoms with van der Waals surface area (Å²) in [6, 6.07) is 19.9. The number of ether oxygens (including phenoxy) is 1. The fourth-order valence-corrected chi connectivity index (χ4v) is 2.77. The van der Waals surface area contributed by atoms with E-state index in [1.807, 2.05) is 30.3 Å². The van der Waals surface area contributed by atoms with Crippen LogP contribution in [0.3, 0.4) is 0 Å². The molecule has 134 valence electrons. The van der Waals surface area contributed by atoms with Crippen molar-refractivity contribution in [2.24, 2.45) is 0 Å². The first-order valence-corrected chi connectivity index (χ1v) is 8.96. The Morgan fingerprint density at radius 1 is 0.731 bits per heavy atom. The van der Waals surface area contributed by atoms with E-state index in [9.17, 15) is 4.39 Å². The van der Waals surface area contributed by atoms with Gasteiger partial charge in [0, 0.05) is 13.1 Å². The largest absolute Gasteiger partial charge is 0.489 e. The van der Waals surface area contributed by atoms with Gasteiger partial charge in [0.2, 0.25) is 0 Å². The SMILES string of the molecule is Fc1ccc(CNCc2ccc(OCc3ccc(Cl)c(Cl)c3)cc2)cc1. The Labute approximate surface area is 162 Å². The van der Waals surface area contributed by atoms with Gasteiger partial charge in [0.1, 0.15) is 18.2 Å². The summed E-state index contributed by atoms with van der Waals surface area (Å²) in [5.41, 5.74) is 3.16. The number of hydrogen-bond acceptors (Lipinski definition) is 2. The van der Waals surface area contributed by atoms with E-state index in [1.54, 1.807) is 24.3 Å². The number of hydrogen-bond donors (Lipinski definition) is 1. The van der Waals surface area contributed by atoms with E-state index in [0.717, 1.165) is 29.0 Å². The molecule has 0 saturated carbocycles. The third kappa shape index (κ3) is 5.46. The van der Waals surface area contributed by atoms with Crippen LogP contribution in [0.4, 0.5) is 4.39 Å². The lowest BCUT2D eigenvalue weighted by Crippen LogP contribution is -2.12. The van der Waals surface area contributed by atoms with E-state index in [4.69, 9.17) is 27.9 Å². The Hall–Kier alpha value is -2.07. The summed E-state index contributed by atoms with van der Waals surface area (Å²) in [5.74, 6) is 0.573. The van der Waals surface area contributed by atoms with E-state index in [-0.39, 0.29) is 5.82 Å². The third-order valence-electron chi connectivity index (χ3n) is 3.88. The van der Waals surface area contributed by atoms with Gasteiger partial charge in [-0.3, -0.25) is 0 Å². The van der Waals surface area contributed by atoms with E-state index < -0.39 is 0 Å². The molecule has 0 fully saturated rings. The first-order valence-electron chi connectivity index (χ1n) is 8.21. The molecule has 3 aromatic rings. The second-order valence-electron chi connectivity index (χ2n) is 5.91. The van der Waals surface area contributed by atoms with Gasteiger partial charge < -0.3 is 10.1 Å². The maximum atomic E-state index is 12.9. The summed E-state index contributed by atoms with van der Waals surface area (Å²) in [6.07, 6.45) is 0. The molecule has 0 unspecified atom stereocenters. The average molecular weight is 390 g/mol. The molecule has 0 aliphatic heterocycles. The van der Waals surface area contributed by atoms with E-state index in [0.29, 0.717) is 23.2 Å². The Bertz CT molecular complexity index is 851. The van der Waals surface area contributed by atoms with Crippen LogP contribution in [0.25, 0.3) is 0 Å². The predicted molar refractivity (Wildman–Crippen MR) is 104 cm³/mol. The van der Waals surface area contributed by atoms with Gasteiger partial charge in [0.15, 0.2) is 0 Å². The molecule has 26 heavy (non-hydrogen) atoms. The minimum absolute atomic E-state index is 0.217. The van der Waals surface area contributed by atoms with Crippen LogP contribution in [0, 0.1) is 5.82 Å². The van der Waals surface area contributed by atoms with E-state index >= 15 is 0 Å². The van der Waals surface area contributed by atoms with Gasteiger partial charge in [-0.05, 0) is 53.1 Å². The van der Waals surface area contributed by atoms with Crippen molar-refractivity contribution in [1.82, 2.24) is 5.32 Å². The summed E-state index contributed by atoms with van der Waals surface area (Å²) >= 11 is 11.9. The highest BCUT2D eigenvalue weighted by molar-refractivity contribution is 6.42. The van der Waals surface area contributed by atoms with Crippen molar-refractivity contribution < 1.29 is 9.13 Å². The number of rotatable bonds is 7. The highest BCUT2D eigenvalue weighted by atomic mass is 35.5. The monoisotopic (exact) mass is 389 g/mol. The zero-order chi connectivity index (χ0) is 18.4. The van der Waals surface area contributed by atoms with Gasteiger partial charge in [-0.15, -0.1) is 0 Å². The van der Waals surface area contributed by atoms with Crippen LogP contribution < -0.4 is 10.1 Å². The molecule has 2 nitrogen and oxygen atoms in total. The van der Waals surface area contributed by atoms with Crippen LogP contribution in [0.5, 0.6) is 5.75 Å². The summed E-state index contributed by atoms with van der Waals surface area (Å²) < 4.78 is 18.6. The molecule has 0 amide bonds. The molecule has 0 heterocycles. The Morgan fingerprint density at radius 2 is 1.31 bits per heavy atom. The lowest BCUT2D eigenvalue weighted by Gasteiger charge is -2.09. The highest BCUT2D eigenvalue weighted by Gasteiger charge is 2.01. The molecule has 0 aliphatic carbocycles. The summed E-state index contributed by atoms with van der Waals surface area (Å²) in [4.78, 5) is 0. The number of nitrogens with one attached hydrogen (secondary N) is 1. The minimum atomic E-state index is -0.217. The van der Waals surface area contributed by atoms with Crippen molar-refractivity contribution in [3.63, 3.8) is 0 Å². The lowest BCUT2D eigenvalue weighted by atomic mass is 10.2. The van der Waals surface area contributed by atoms with Gasteiger partial charge in [-0.1, -0.05) is 53.5 Å². The standard InChI is InChI=1S/C21H18Cl2FNO/c22-20-10-5-17(11-21(20)23)14-26-19-8-3-16(4-9-19)13-25-12-15-1-6-18(24)7-2-15/h1-11,25H,12-14H2. The van der Waals surface area contributed by atoms with Crippen molar-refractivity contribution in [3.05, 3.63) is 99.3 Å². The first-order chi connectivity index (χ1) is 12.6. The maximum Gasteiger partial charge on any atom is 0.123 e. The molecule has 0 aliphatic rings. The first kappa shape index (κ1) is 18.7. The lowest BCUT2D eigenvalue weighted by molar-refractivity contribution is 0.306. The van der Waals surface area contributed by atoms with Gasteiger partial charge >= 0.3 is 0 Å². The van der Waals surface area contributed by atoms with E-state index in [1.165, 1.54) is 12.1 Å². The molecule has 0 aromatic heterocycles. The average Bonchev–Trinajstić information content (AvgIpc) is 2.65. The van der Waals surface area contributed by atoms with Gasteiger partial charge in [0.05, 0.1) is 10.0 Å². The van der Waals surface area contributed by atoms with Gasteiger partial charge in [0.25, 0.3) is 0 Å². The molecule has 3 rings (SSSR count). The molecule has 5 heteroatoms. The van der Waals surface area contributed by atoms with Crippen LogP contribution in [0.2, 0.25) is 10.0 Å². The summed E-state index contributed by atoms with van der Waals surface area (Å²) in [6.45, 7) is 1.85. The van der Waals surface area contributed by atoms with Crippen LogP contribution in [-0.4, -0.2) is 0 Å². The molecule has 0 radical (unpaired) electrons. The van der Waals surface area contributed by atoms with Crippen molar-refractivity contribution in [1.29, 1.82) is 0 Å². The molecular weight excluding hydrogens is 372 g/mol. The zero-order valence-corrected chi connectivity index (χ0v) is 15.5. The quantitative estimate of drug-likeness (QED) is 0.534. The zero-order valence-electron chi connectivity index (χ0n) is 14.0. The second-order valence-corrected chi connectivity index (χ2v) is 6.73. The van der Waals surface area contributed by atoms with Crippen molar-refractivity contribution in [2.45, 2.75) is 19.7 Å². The van der Waals surface area contributed by atoms with Gasteiger partial charge in [-0.25, -0.2) is 4.39 Å². The summed E-state index contributed by atoms with van der Waals surface area (Å²) in [7, 11) is 0. The topological polar surface area (TPSA) is 21.3 Å². The fourth-order valence-electron chi connectivity index (χ4n) is 2.45. The van der Waals surface area contributed by atoms with Gasteiger partial charge in [-0.2, -0.15) is 0 Å². The molecule has 3 aromatic carbocycles. The smallest absolute Gasteiger partial charge is 0.123 e. The normalized spacial score (nSPS) is 10.7. The fraction of sp³-hybridized carbons (Fsp3) is 0.143. The molecule has 0 spiro atoms. The van der Waals surface area contributed by atoms with Crippen LogP contribution in [0.1, 0.15) is 16.7 Å². The molecular formula is C21H18Cl2FNO. The Kier molecular flexibility index (Phi) is 6.51. The molecule has 1 N–H and O–H groups in total. The maximum absolute atomic E-state index is 12.9. The van der Waals surface area contributed by atoms with Crippen molar-refractivity contribution >= 4 is 23.2 Å². The predicted octanol–water partition coefficient (Wildman–Crippen LogP) is 6.00. The van der Waals surface area contributed by atoms with Crippen molar-refractivity contribution in [2.75, 3.05) is 0 Å². The summed E-state index contributed by atoms with van der Waals surface area (Å²) in [5, 5.41) is 4.39. The Morgan fingerprint density at radius 3 is 1.92 bits per heavy atom. The Balaban J connectivity index is 1.47. The van der Waals surface area contributed by atoms with E-state index in [2.05, 4.69) is 5.32 Å². The minimum Gasteiger partial charge on any atom is -0.489 e. The molecule has 0 bridgehead atoms. The third-order valence-corrected chi connectivity index (χ3v) is 4.62. The van der Waals surface area contributed by atoms with Crippen LogP contribution >= 0.6 is 23.2 Å². The molecule has 0 atom stereocenters. The second kappa shape index (κ2) is 9.04. The highest BCUT2D eigenvalue weighted by Crippen LogP contribution is 2.23. The van der Waals surface area contributed by atoms with Crippen molar-refractivity contribution in [3.8, 4) is 5.75 Å². The number of benzene rings is 3. The van der Waals surface area contributed by atoms with Crippen LogP contribution in [-0.2, 0) is 19.7 Å². The number of halogens is 3.